The molecule has 5 nitrogen and oxygen atoms in total. The summed E-state index contributed by atoms with van der Waals surface area (Å²) in [6.07, 6.45) is 1.67. The predicted molar refractivity (Wildman–Crippen MR) is 59.9 cm³/mol. The fraction of sp³-hybridized carbons (Fsp3) is 0.182. The summed E-state index contributed by atoms with van der Waals surface area (Å²) in [5, 5.41) is 3.91. The lowest BCUT2D eigenvalue weighted by molar-refractivity contribution is 0.0989. The number of benzene rings is 1. The number of aryl methyl sites for hydroxylation is 1. The number of nitrogen functional groups attached to an aromatic ring is 1. The maximum atomic E-state index is 11.9. The quantitative estimate of drug-likeness (QED) is 0.609. The third kappa shape index (κ3) is 2.08. The molecule has 0 aliphatic carbocycles. The number of nitrogens with zero attached hydrogens (tertiary/aromatic N) is 3. The number of carbonyl (C=O) groups is 1. The second-order valence-corrected chi connectivity index (χ2v) is 3.53. The number of hydrogen-bond donors (Lipinski definition) is 1. The van der Waals surface area contributed by atoms with Gasteiger partial charge in [-0.05, 0) is 12.1 Å². The molecule has 0 radical (unpaired) electrons. The van der Waals surface area contributed by atoms with E-state index in [0.717, 1.165) is 0 Å². The molecule has 2 aromatic rings. The average molecular weight is 216 g/mol. The maximum absolute atomic E-state index is 11.9. The van der Waals surface area contributed by atoms with Crippen molar-refractivity contribution in [3.05, 3.63) is 42.0 Å². The number of rotatable bonds is 3. The van der Waals surface area contributed by atoms with E-state index in [2.05, 4.69) is 10.1 Å². The highest BCUT2D eigenvalue weighted by Crippen LogP contribution is 2.09. The van der Waals surface area contributed by atoms with Crippen LogP contribution >= 0.6 is 0 Å². The molecule has 0 unspecified atom stereocenters. The molecule has 0 aliphatic heterocycles. The van der Waals surface area contributed by atoms with Crippen molar-refractivity contribution in [2.24, 2.45) is 7.05 Å². The normalized spacial score (nSPS) is 10.3. The maximum Gasteiger partial charge on any atom is 0.170 e. The van der Waals surface area contributed by atoms with Crippen LogP contribution in [0.3, 0.4) is 0 Å². The first-order valence-corrected chi connectivity index (χ1v) is 4.88. The summed E-state index contributed by atoms with van der Waals surface area (Å²) in [5.74, 6) is 0.635. The van der Waals surface area contributed by atoms with Crippen LogP contribution in [0.4, 0.5) is 5.69 Å². The Kier molecular flexibility index (Phi) is 2.68. The minimum absolute atomic E-state index is 0.0107. The van der Waals surface area contributed by atoms with Crippen molar-refractivity contribution in [2.45, 2.75) is 6.42 Å². The van der Waals surface area contributed by atoms with Crippen molar-refractivity contribution < 1.29 is 4.79 Å². The van der Waals surface area contributed by atoms with Gasteiger partial charge in [-0.15, -0.1) is 0 Å². The zero-order valence-corrected chi connectivity index (χ0v) is 8.92. The molecule has 0 amide bonds. The van der Waals surface area contributed by atoms with Gasteiger partial charge in [0, 0.05) is 18.3 Å². The highest BCUT2D eigenvalue weighted by atomic mass is 16.1. The molecule has 0 fully saturated rings. The van der Waals surface area contributed by atoms with Crippen molar-refractivity contribution in [1.82, 2.24) is 14.8 Å². The zero-order chi connectivity index (χ0) is 11.5. The van der Waals surface area contributed by atoms with Gasteiger partial charge in [-0.2, -0.15) is 5.10 Å². The Hall–Kier alpha value is -2.17. The van der Waals surface area contributed by atoms with Gasteiger partial charge < -0.3 is 5.73 Å². The van der Waals surface area contributed by atoms with Crippen LogP contribution in [-0.4, -0.2) is 20.5 Å². The fourth-order valence-corrected chi connectivity index (χ4v) is 1.44. The largest absolute Gasteiger partial charge is 0.399 e. The van der Waals surface area contributed by atoms with E-state index in [-0.39, 0.29) is 12.2 Å². The molecule has 2 N–H and O–H groups in total. The van der Waals surface area contributed by atoms with E-state index in [9.17, 15) is 4.79 Å². The molecular formula is C11H12N4O. The topological polar surface area (TPSA) is 73.8 Å². The fourth-order valence-electron chi connectivity index (χ4n) is 1.44. The van der Waals surface area contributed by atoms with Crippen molar-refractivity contribution in [1.29, 1.82) is 0 Å². The molecule has 16 heavy (non-hydrogen) atoms. The SMILES string of the molecule is Cn1ncnc1CC(=O)c1cccc(N)c1. The predicted octanol–water partition coefficient (Wildman–Crippen LogP) is 0.823. The van der Waals surface area contributed by atoms with Crippen LogP contribution in [0.25, 0.3) is 0 Å². The third-order valence-electron chi connectivity index (χ3n) is 2.33. The van der Waals surface area contributed by atoms with Gasteiger partial charge >= 0.3 is 0 Å². The Balaban J connectivity index is 2.18. The summed E-state index contributed by atoms with van der Waals surface area (Å²) >= 11 is 0. The molecule has 1 aromatic carbocycles. The summed E-state index contributed by atoms with van der Waals surface area (Å²) < 4.78 is 1.59. The number of carbonyl (C=O) groups excluding carboxylic acids is 1. The van der Waals surface area contributed by atoms with Gasteiger partial charge in [-0.3, -0.25) is 9.48 Å². The molecule has 0 aliphatic rings. The first-order valence-electron chi connectivity index (χ1n) is 4.88. The molecule has 0 atom stereocenters. The van der Waals surface area contributed by atoms with Gasteiger partial charge in [-0.25, -0.2) is 4.98 Å². The van der Waals surface area contributed by atoms with E-state index in [1.165, 1.54) is 6.33 Å². The van der Waals surface area contributed by atoms with Gasteiger partial charge in [0.15, 0.2) is 5.78 Å². The smallest absolute Gasteiger partial charge is 0.170 e. The van der Waals surface area contributed by atoms with Crippen molar-refractivity contribution in [2.75, 3.05) is 5.73 Å². The molecule has 0 bridgehead atoms. The van der Waals surface area contributed by atoms with Crippen LogP contribution in [0.15, 0.2) is 30.6 Å². The average Bonchev–Trinajstić information content (AvgIpc) is 2.64. The van der Waals surface area contributed by atoms with E-state index >= 15 is 0 Å². The van der Waals surface area contributed by atoms with Crippen LogP contribution in [0.5, 0.6) is 0 Å². The van der Waals surface area contributed by atoms with Crippen LogP contribution in [0.1, 0.15) is 16.2 Å². The number of hydrogen-bond acceptors (Lipinski definition) is 4. The highest BCUT2D eigenvalue weighted by molar-refractivity contribution is 5.97. The number of anilines is 1. The van der Waals surface area contributed by atoms with Crippen LogP contribution in [0, 0.1) is 0 Å². The van der Waals surface area contributed by atoms with E-state index in [1.54, 1.807) is 36.0 Å². The summed E-state index contributed by atoms with van der Waals surface area (Å²) in [7, 11) is 1.76. The summed E-state index contributed by atoms with van der Waals surface area (Å²) in [5.41, 5.74) is 6.80. The minimum atomic E-state index is -0.0107. The lowest BCUT2D eigenvalue weighted by Crippen LogP contribution is -2.09. The molecule has 5 heteroatoms. The zero-order valence-electron chi connectivity index (χ0n) is 8.92. The lowest BCUT2D eigenvalue weighted by Gasteiger charge is -2.01. The van der Waals surface area contributed by atoms with Gasteiger partial charge in [0.05, 0.1) is 6.42 Å². The third-order valence-corrected chi connectivity index (χ3v) is 2.33. The first-order chi connectivity index (χ1) is 7.66. The Morgan fingerprint density at radius 3 is 2.94 bits per heavy atom. The molecule has 0 saturated heterocycles. The van der Waals surface area contributed by atoms with E-state index < -0.39 is 0 Å². The van der Waals surface area contributed by atoms with Gasteiger partial charge in [-0.1, -0.05) is 12.1 Å². The molecule has 2 rings (SSSR count). The van der Waals surface area contributed by atoms with E-state index in [1.807, 2.05) is 0 Å². The second-order valence-electron chi connectivity index (χ2n) is 3.53. The monoisotopic (exact) mass is 216 g/mol. The van der Waals surface area contributed by atoms with Crippen molar-refractivity contribution >= 4 is 11.5 Å². The minimum Gasteiger partial charge on any atom is -0.399 e. The van der Waals surface area contributed by atoms with Crippen LogP contribution in [0.2, 0.25) is 0 Å². The standard InChI is InChI=1S/C11H12N4O/c1-15-11(13-7-14-15)6-10(16)8-3-2-4-9(12)5-8/h2-5,7H,6,12H2,1H3. The summed E-state index contributed by atoms with van der Waals surface area (Å²) in [4.78, 5) is 15.9. The Bertz CT molecular complexity index is 518. The van der Waals surface area contributed by atoms with Crippen LogP contribution < -0.4 is 5.73 Å². The highest BCUT2D eigenvalue weighted by Gasteiger charge is 2.10. The van der Waals surface area contributed by atoms with Crippen LogP contribution in [-0.2, 0) is 13.5 Å². The summed E-state index contributed by atoms with van der Waals surface area (Å²) in [6.45, 7) is 0. The Morgan fingerprint density at radius 1 is 1.50 bits per heavy atom. The number of Topliss-reactive ketones (excluding diaryl/α,β-unsaturated/α-hetero) is 1. The number of nitrogens with two attached hydrogens (primary N) is 1. The molecule has 0 saturated carbocycles. The second kappa shape index (κ2) is 4.14. The Morgan fingerprint density at radius 2 is 2.31 bits per heavy atom. The summed E-state index contributed by atoms with van der Waals surface area (Å²) in [6, 6.07) is 6.92. The van der Waals surface area contributed by atoms with Crippen molar-refractivity contribution in [3.8, 4) is 0 Å². The molecule has 1 aromatic heterocycles. The molecule has 1 heterocycles. The van der Waals surface area contributed by atoms with E-state index in [0.29, 0.717) is 17.1 Å². The van der Waals surface area contributed by atoms with Crippen molar-refractivity contribution in [3.63, 3.8) is 0 Å². The van der Waals surface area contributed by atoms with Gasteiger partial charge in [0.1, 0.15) is 12.2 Å². The number of ketones is 1. The van der Waals surface area contributed by atoms with E-state index in [4.69, 9.17) is 5.73 Å². The first kappa shape index (κ1) is 10.4. The Labute approximate surface area is 92.9 Å². The van der Waals surface area contributed by atoms with Gasteiger partial charge in [0.25, 0.3) is 0 Å². The molecule has 0 spiro atoms. The number of aromatic nitrogens is 3. The molecular weight excluding hydrogens is 204 g/mol. The lowest BCUT2D eigenvalue weighted by atomic mass is 10.1. The molecule has 82 valence electrons. The van der Waals surface area contributed by atoms with Gasteiger partial charge in [0.2, 0.25) is 0 Å².